The van der Waals surface area contributed by atoms with Gasteiger partial charge in [0.25, 0.3) is 5.91 Å². The summed E-state index contributed by atoms with van der Waals surface area (Å²) in [7, 11) is 0. The minimum Gasteiger partial charge on any atom is -0.381 e. The molecule has 0 aliphatic carbocycles. The van der Waals surface area contributed by atoms with Crippen molar-refractivity contribution in [1.29, 1.82) is 0 Å². The Labute approximate surface area is 124 Å². The molecular weight excluding hydrogens is 267 g/mol. The number of hydrogen-bond acceptors (Lipinski definition) is 2. The molecule has 2 rings (SSSR count). The van der Waals surface area contributed by atoms with Gasteiger partial charge in [-0.3, -0.25) is 4.79 Å². The highest BCUT2D eigenvalue weighted by Gasteiger charge is 2.04. The molecule has 0 saturated heterocycles. The molecule has 0 spiro atoms. The number of carbonyl (C=O) groups excluding carboxylic acids is 1. The van der Waals surface area contributed by atoms with E-state index >= 15 is 0 Å². The highest BCUT2D eigenvalue weighted by atomic mass is 19.1. The summed E-state index contributed by atoms with van der Waals surface area (Å²) < 4.78 is 13.0. The molecule has 0 aliphatic rings. The van der Waals surface area contributed by atoms with Crippen LogP contribution in [0.1, 0.15) is 28.4 Å². The Balaban J connectivity index is 1.99. The Morgan fingerprint density at radius 2 is 1.86 bits per heavy atom. The highest BCUT2D eigenvalue weighted by Crippen LogP contribution is 2.14. The molecule has 2 aromatic carbocycles. The zero-order valence-electron chi connectivity index (χ0n) is 12.2. The molecule has 0 bridgehead atoms. The number of anilines is 1. The summed E-state index contributed by atoms with van der Waals surface area (Å²) in [4.78, 5) is 11.6. The summed E-state index contributed by atoms with van der Waals surface area (Å²) in [6.07, 6.45) is 0. The Hall–Kier alpha value is -2.36. The predicted molar refractivity (Wildman–Crippen MR) is 82.9 cm³/mol. The van der Waals surface area contributed by atoms with Gasteiger partial charge in [0.05, 0.1) is 0 Å². The lowest BCUT2D eigenvalue weighted by molar-refractivity contribution is 0.0956. The van der Waals surface area contributed by atoms with Crippen LogP contribution in [0.15, 0.2) is 42.5 Å². The predicted octanol–water partition coefficient (Wildman–Crippen LogP) is 3.50. The van der Waals surface area contributed by atoms with Gasteiger partial charge in [-0.05, 0) is 61.4 Å². The molecule has 0 radical (unpaired) electrons. The maximum Gasteiger partial charge on any atom is 0.251 e. The van der Waals surface area contributed by atoms with Crippen LogP contribution >= 0.6 is 0 Å². The van der Waals surface area contributed by atoms with Crippen molar-refractivity contribution < 1.29 is 9.18 Å². The summed E-state index contributed by atoms with van der Waals surface area (Å²) in [6.45, 7) is 5.01. The summed E-state index contributed by atoms with van der Waals surface area (Å²) in [5, 5.41) is 6.02. The van der Waals surface area contributed by atoms with Crippen molar-refractivity contribution in [3.05, 3.63) is 65.0 Å². The largest absolute Gasteiger partial charge is 0.381 e. The van der Waals surface area contributed by atoms with Gasteiger partial charge in [0.1, 0.15) is 5.82 Å². The van der Waals surface area contributed by atoms with E-state index in [9.17, 15) is 9.18 Å². The lowest BCUT2D eigenvalue weighted by Gasteiger charge is -2.10. The van der Waals surface area contributed by atoms with Crippen molar-refractivity contribution in [3.63, 3.8) is 0 Å². The second kappa shape index (κ2) is 6.88. The van der Waals surface area contributed by atoms with Crippen LogP contribution in [0.4, 0.5) is 10.1 Å². The highest BCUT2D eigenvalue weighted by molar-refractivity contribution is 5.94. The lowest BCUT2D eigenvalue weighted by Crippen LogP contribution is -2.22. The molecular formula is C17H19FN2O. The molecule has 0 aliphatic heterocycles. The molecule has 0 heterocycles. The van der Waals surface area contributed by atoms with E-state index in [0.717, 1.165) is 16.8 Å². The fourth-order valence-electron chi connectivity index (χ4n) is 2.06. The number of nitrogens with one attached hydrogen (secondary N) is 2. The first kappa shape index (κ1) is 15.0. The first-order valence-electron chi connectivity index (χ1n) is 6.97. The van der Waals surface area contributed by atoms with Gasteiger partial charge in [-0.2, -0.15) is 0 Å². The van der Waals surface area contributed by atoms with Gasteiger partial charge >= 0.3 is 0 Å². The molecule has 2 aromatic rings. The lowest BCUT2D eigenvalue weighted by atomic mass is 10.1. The monoisotopic (exact) mass is 286 g/mol. The number of hydrogen-bond donors (Lipinski definition) is 2. The molecule has 110 valence electrons. The van der Waals surface area contributed by atoms with Crippen LogP contribution in [-0.4, -0.2) is 12.5 Å². The summed E-state index contributed by atoms with van der Waals surface area (Å²) in [5.41, 5.74) is 3.53. The van der Waals surface area contributed by atoms with Crippen LogP contribution in [0.25, 0.3) is 0 Å². The molecule has 0 aromatic heterocycles. The zero-order valence-corrected chi connectivity index (χ0v) is 12.2. The van der Waals surface area contributed by atoms with Gasteiger partial charge in [-0.15, -0.1) is 0 Å². The van der Waals surface area contributed by atoms with Gasteiger partial charge < -0.3 is 10.6 Å². The first-order valence-corrected chi connectivity index (χ1v) is 6.97. The fourth-order valence-corrected chi connectivity index (χ4v) is 2.06. The topological polar surface area (TPSA) is 41.1 Å². The van der Waals surface area contributed by atoms with E-state index in [-0.39, 0.29) is 11.7 Å². The van der Waals surface area contributed by atoms with Crippen molar-refractivity contribution in [2.75, 3.05) is 11.9 Å². The van der Waals surface area contributed by atoms with Gasteiger partial charge in [0.15, 0.2) is 0 Å². The number of amides is 1. The number of rotatable bonds is 5. The standard InChI is InChI=1S/C17H19FN2O/c1-3-19-17(21)13-5-8-16(9-6-13)20-11-14-4-7-15(18)10-12(14)2/h4-10,20H,3,11H2,1-2H3,(H,19,21). The summed E-state index contributed by atoms with van der Waals surface area (Å²) in [6, 6.07) is 12.1. The molecule has 1 amide bonds. The normalized spacial score (nSPS) is 10.2. The summed E-state index contributed by atoms with van der Waals surface area (Å²) in [5.74, 6) is -0.291. The summed E-state index contributed by atoms with van der Waals surface area (Å²) >= 11 is 0. The third-order valence-corrected chi connectivity index (χ3v) is 3.27. The van der Waals surface area contributed by atoms with Gasteiger partial charge in [0, 0.05) is 24.3 Å². The Morgan fingerprint density at radius 3 is 2.48 bits per heavy atom. The Bertz CT molecular complexity index is 623. The average molecular weight is 286 g/mol. The molecule has 4 heteroatoms. The molecule has 3 nitrogen and oxygen atoms in total. The van der Waals surface area contributed by atoms with Gasteiger partial charge in [0.2, 0.25) is 0 Å². The van der Waals surface area contributed by atoms with Crippen LogP contribution < -0.4 is 10.6 Å². The van der Waals surface area contributed by atoms with Crippen molar-refractivity contribution in [2.24, 2.45) is 0 Å². The van der Waals surface area contributed by atoms with Crippen LogP contribution in [0.3, 0.4) is 0 Å². The van der Waals surface area contributed by atoms with E-state index in [1.807, 2.05) is 26.0 Å². The van der Waals surface area contributed by atoms with Gasteiger partial charge in [-0.1, -0.05) is 6.07 Å². The minimum absolute atomic E-state index is 0.0709. The van der Waals surface area contributed by atoms with Crippen molar-refractivity contribution in [1.82, 2.24) is 5.32 Å². The van der Waals surface area contributed by atoms with Crippen molar-refractivity contribution >= 4 is 11.6 Å². The van der Waals surface area contributed by atoms with E-state index in [1.165, 1.54) is 12.1 Å². The Kier molecular flexibility index (Phi) is 4.93. The van der Waals surface area contributed by atoms with Crippen LogP contribution in [-0.2, 0) is 6.54 Å². The minimum atomic E-state index is -0.220. The zero-order chi connectivity index (χ0) is 15.2. The molecule has 21 heavy (non-hydrogen) atoms. The SMILES string of the molecule is CCNC(=O)c1ccc(NCc2ccc(F)cc2C)cc1. The maximum absolute atomic E-state index is 13.0. The third-order valence-electron chi connectivity index (χ3n) is 3.27. The molecule has 0 unspecified atom stereocenters. The third kappa shape index (κ3) is 4.05. The molecule has 2 N–H and O–H groups in total. The first-order chi connectivity index (χ1) is 10.1. The quantitative estimate of drug-likeness (QED) is 0.883. The number of aryl methyl sites for hydroxylation is 1. The van der Waals surface area contributed by atoms with Crippen LogP contribution in [0.2, 0.25) is 0 Å². The van der Waals surface area contributed by atoms with E-state index < -0.39 is 0 Å². The van der Waals surface area contributed by atoms with Crippen LogP contribution in [0.5, 0.6) is 0 Å². The Morgan fingerprint density at radius 1 is 1.14 bits per heavy atom. The van der Waals surface area contributed by atoms with Crippen molar-refractivity contribution in [3.8, 4) is 0 Å². The van der Waals surface area contributed by atoms with Gasteiger partial charge in [-0.25, -0.2) is 4.39 Å². The van der Waals surface area contributed by atoms with E-state index in [4.69, 9.17) is 0 Å². The van der Waals surface area contributed by atoms with Crippen molar-refractivity contribution in [2.45, 2.75) is 20.4 Å². The maximum atomic E-state index is 13.0. The van der Waals surface area contributed by atoms with Crippen LogP contribution in [0, 0.1) is 12.7 Å². The van der Waals surface area contributed by atoms with E-state index in [2.05, 4.69) is 10.6 Å². The second-order valence-corrected chi connectivity index (χ2v) is 4.86. The van der Waals surface area contributed by atoms with E-state index in [1.54, 1.807) is 18.2 Å². The number of benzene rings is 2. The molecule has 0 atom stereocenters. The average Bonchev–Trinajstić information content (AvgIpc) is 2.47. The fraction of sp³-hybridized carbons (Fsp3) is 0.235. The molecule has 0 fully saturated rings. The second-order valence-electron chi connectivity index (χ2n) is 4.86. The van der Waals surface area contributed by atoms with E-state index in [0.29, 0.717) is 18.7 Å². The number of carbonyl (C=O) groups is 1. The number of halogens is 1. The molecule has 0 saturated carbocycles. The smallest absolute Gasteiger partial charge is 0.251 e.